The third kappa shape index (κ3) is 9.74. The van der Waals surface area contributed by atoms with E-state index in [2.05, 4.69) is 28.1 Å². The van der Waals surface area contributed by atoms with E-state index in [0.29, 0.717) is 50.2 Å². The number of nitrogens with one attached hydrogen (secondary N) is 1. The quantitative estimate of drug-likeness (QED) is 0.244. The number of carbonyl (C=O) groups is 1. The predicted molar refractivity (Wildman–Crippen MR) is 168 cm³/mol. The highest BCUT2D eigenvalue weighted by Crippen LogP contribution is 2.33. The summed E-state index contributed by atoms with van der Waals surface area (Å²) in [7, 11) is 0. The zero-order valence-electron chi connectivity index (χ0n) is 24.5. The molecule has 2 aliphatic heterocycles. The van der Waals surface area contributed by atoms with E-state index in [-0.39, 0.29) is 30.6 Å². The molecule has 0 spiro atoms. The first-order chi connectivity index (χ1) is 20.3. The smallest absolute Gasteiger partial charge is 0.411 e. The van der Waals surface area contributed by atoms with Crippen molar-refractivity contribution < 1.29 is 32.2 Å². The van der Waals surface area contributed by atoms with Crippen LogP contribution in [0.5, 0.6) is 11.5 Å². The molecular formula is C32H38Cl2F3N3O4. The van der Waals surface area contributed by atoms with Crippen molar-refractivity contribution in [3.05, 3.63) is 88.7 Å². The highest BCUT2D eigenvalue weighted by Gasteiger charge is 2.23. The number of ether oxygens (including phenoxy) is 3. The molecule has 1 amide bonds. The van der Waals surface area contributed by atoms with Gasteiger partial charge in [-0.1, -0.05) is 18.2 Å². The van der Waals surface area contributed by atoms with E-state index in [1.54, 1.807) is 12.1 Å². The number of hydrogen-bond acceptors (Lipinski definition) is 6. The zero-order valence-corrected chi connectivity index (χ0v) is 26.2. The second-order valence-corrected chi connectivity index (χ2v) is 10.8. The maximum Gasteiger partial charge on any atom is 0.411 e. The van der Waals surface area contributed by atoms with Crippen molar-refractivity contribution in [2.75, 3.05) is 57.9 Å². The minimum absolute atomic E-state index is 0. The summed E-state index contributed by atoms with van der Waals surface area (Å²) in [4.78, 5) is 17.0. The van der Waals surface area contributed by atoms with Crippen LogP contribution in [0.1, 0.15) is 35.4 Å². The van der Waals surface area contributed by atoms with Gasteiger partial charge in [0.15, 0.2) is 23.2 Å². The molecule has 1 N–H and O–H groups in total. The molecule has 3 aromatic rings. The number of anilines is 1. The summed E-state index contributed by atoms with van der Waals surface area (Å²) in [5, 5.41) is 2.87. The highest BCUT2D eigenvalue weighted by atomic mass is 35.5. The predicted octanol–water partition coefficient (Wildman–Crippen LogP) is 7.31. The standard InChI is InChI=1S/C32H36F3N3O4.2ClH/c1-22-2-5-25(36-32(39)41-17-14-37-12-15-40-16-13-37)18-27(22)24-8-10-38(11-9-24)21-23-3-6-26(7-4-23)42-31-20-29(34)28(33)19-30(31)35;;/h2-7,18-20,24H,8-17,21H2,1H3,(H,36,39);2*1H. The van der Waals surface area contributed by atoms with Gasteiger partial charge in [0, 0.05) is 44.0 Å². The summed E-state index contributed by atoms with van der Waals surface area (Å²) in [5.74, 6) is -3.01. The second-order valence-electron chi connectivity index (χ2n) is 10.8. The van der Waals surface area contributed by atoms with Gasteiger partial charge in [0.1, 0.15) is 12.4 Å². The molecule has 3 aromatic carbocycles. The molecule has 0 aromatic heterocycles. The second kappa shape index (κ2) is 16.9. The van der Waals surface area contributed by atoms with Crippen LogP contribution in [0, 0.1) is 24.4 Å². The third-order valence-corrected chi connectivity index (χ3v) is 7.83. The Hall–Kier alpha value is -3.02. The van der Waals surface area contributed by atoms with E-state index in [9.17, 15) is 18.0 Å². The molecule has 0 bridgehead atoms. The lowest BCUT2D eigenvalue weighted by molar-refractivity contribution is 0.0290. The van der Waals surface area contributed by atoms with Crippen molar-refractivity contribution in [2.45, 2.75) is 32.2 Å². The van der Waals surface area contributed by atoms with Crippen LogP contribution >= 0.6 is 24.8 Å². The van der Waals surface area contributed by atoms with Crippen molar-refractivity contribution in [2.24, 2.45) is 0 Å². The van der Waals surface area contributed by atoms with Crippen LogP contribution in [-0.2, 0) is 16.0 Å². The van der Waals surface area contributed by atoms with Crippen molar-refractivity contribution in [1.82, 2.24) is 9.80 Å². The molecule has 0 radical (unpaired) electrons. The number of carbonyl (C=O) groups excluding carboxylic acids is 1. The number of halogens is 5. The Bertz CT molecular complexity index is 1370. The zero-order chi connectivity index (χ0) is 29.5. The van der Waals surface area contributed by atoms with Gasteiger partial charge < -0.3 is 14.2 Å². The Morgan fingerprint density at radius 3 is 2.27 bits per heavy atom. The number of aryl methyl sites for hydroxylation is 1. The van der Waals surface area contributed by atoms with Crippen LogP contribution in [0.25, 0.3) is 0 Å². The molecule has 240 valence electrons. The fraction of sp³-hybridized carbons (Fsp3) is 0.406. The van der Waals surface area contributed by atoms with Crippen molar-refractivity contribution in [3.63, 3.8) is 0 Å². The van der Waals surface area contributed by atoms with Gasteiger partial charge in [0.2, 0.25) is 0 Å². The van der Waals surface area contributed by atoms with Gasteiger partial charge >= 0.3 is 6.09 Å². The molecule has 2 fully saturated rings. The maximum atomic E-state index is 13.9. The van der Waals surface area contributed by atoms with Gasteiger partial charge in [-0.25, -0.2) is 18.0 Å². The molecule has 2 aliphatic rings. The molecule has 12 heteroatoms. The summed E-state index contributed by atoms with van der Waals surface area (Å²) in [6.45, 7) is 8.88. The summed E-state index contributed by atoms with van der Waals surface area (Å²) >= 11 is 0. The Balaban J connectivity index is 0.00000264. The molecule has 2 heterocycles. The minimum Gasteiger partial charge on any atom is -0.454 e. The first kappa shape index (κ1) is 35.5. The molecule has 0 saturated carbocycles. The van der Waals surface area contributed by atoms with E-state index in [0.717, 1.165) is 56.8 Å². The van der Waals surface area contributed by atoms with Gasteiger partial charge in [-0.15, -0.1) is 24.8 Å². The summed E-state index contributed by atoms with van der Waals surface area (Å²) in [5.41, 5.74) is 4.25. The van der Waals surface area contributed by atoms with Gasteiger partial charge in [-0.05, 0) is 79.7 Å². The number of morpholine rings is 1. The van der Waals surface area contributed by atoms with Crippen LogP contribution in [0.2, 0.25) is 0 Å². The molecular weight excluding hydrogens is 618 g/mol. The number of rotatable bonds is 9. The number of nitrogens with zero attached hydrogens (tertiary/aromatic N) is 2. The minimum atomic E-state index is -1.26. The van der Waals surface area contributed by atoms with Crippen LogP contribution in [0.4, 0.5) is 23.7 Å². The van der Waals surface area contributed by atoms with E-state index in [1.807, 2.05) is 24.3 Å². The summed E-state index contributed by atoms with van der Waals surface area (Å²) in [6, 6.07) is 14.4. The largest absolute Gasteiger partial charge is 0.454 e. The Morgan fingerprint density at radius 1 is 0.886 bits per heavy atom. The molecule has 0 unspecified atom stereocenters. The van der Waals surface area contributed by atoms with Gasteiger partial charge in [0.25, 0.3) is 0 Å². The maximum absolute atomic E-state index is 13.9. The van der Waals surface area contributed by atoms with Crippen LogP contribution < -0.4 is 10.1 Å². The van der Waals surface area contributed by atoms with Crippen molar-refractivity contribution in [1.29, 1.82) is 0 Å². The average molecular weight is 657 g/mol. The molecule has 0 aliphatic carbocycles. The van der Waals surface area contributed by atoms with Crippen LogP contribution in [0.15, 0.2) is 54.6 Å². The van der Waals surface area contributed by atoms with E-state index < -0.39 is 23.5 Å². The summed E-state index contributed by atoms with van der Waals surface area (Å²) < 4.78 is 56.7. The molecule has 2 saturated heterocycles. The Morgan fingerprint density at radius 2 is 1.57 bits per heavy atom. The number of benzene rings is 3. The Labute approximate surface area is 268 Å². The van der Waals surface area contributed by atoms with Crippen molar-refractivity contribution >= 4 is 36.6 Å². The molecule has 0 atom stereocenters. The lowest BCUT2D eigenvalue weighted by Crippen LogP contribution is -2.38. The molecule has 5 rings (SSSR count). The first-order valence-corrected chi connectivity index (χ1v) is 14.3. The first-order valence-electron chi connectivity index (χ1n) is 14.3. The van der Waals surface area contributed by atoms with Crippen molar-refractivity contribution in [3.8, 4) is 11.5 Å². The third-order valence-electron chi connectivity index (χ3n) is 7.83. The summed E-state index contributed by atoms with van der Waals surface area (Å²) in [6.07, 6.45) is 1.54. The fourth-order valence-corrected chi connectivity index (χ4v) is 5.44. The number of piperidine rings is 1. The molecule has 7 nitrogen and oxygen atoms in total. The SMILES string of the molecule is Cc1ccc(NC(=O)OCCN2CCOCC2)cc1C1CCN(Cc2ccc(Oc3cc(F)c(F)cc3F)cc2)CC1.Cl.Cl. The fourth-order valence-electron chi connectivity index (χ4n) is 5.44. The van der Waals surface area contributed by atoms with Crippen LogP contribution in [-0.4, -0.2) is 68.4 Å². The number of hydrogen-bond donors (Lipinski definition) is 1. The van der Waals surface area contributed by atoms with Gasteiger partial charge in [-0.2, -0.15) is 0 Å². The number of amides is 1. The van der Waals surface area contributed by atoms with E-state index in [1.165, 1.54) is 11.1 Å². The van der Waals surface area contributed by atoms with Crippen LogP contribution in [0.3, 0.4) is 0 Å². The monoisotopic (exact) mass is 655 g/mol. The highest BCUT2D eigenvalue weighted by molar-refractivity contribution is 5.86. The number of likely N-dealkylation sites (tertiary alicyclic amines) is 1. The Kier molecular flexibility index (Phi) is 13.6. The average Bonchev–Trinajstić information content (AvgIpc) is 2.99. The lowest BCUT2D eigenvalue weighted by atomic mass is 9.86. The van der Waals surface area contributed by atoms with E-state index >= 15 is 0 Å². The molecule has 44 heavy (non-hydrogen) atoms. The van der Waals surface area contributed by atoms with E-state index in [4.69, 9.17) is 14.2 Å². The topological polar surface area (TPSA) is 63.3 Å². The normalized spacial score (nSPS) is 16.0. The van der Waals surface area contributed by atoms with Gasteiger partial charge in [-0.3, -0.25) is 15.1 Å². The lowest BCUT2D eigenvalue weighted by Gasteiger charge is -2.33. The van der Waals surface area contributed by atoms with Gasteiger partial charge in [0.05, 0.1) is 13.2 Å².